The van der Waals surface area contributed by atoms with E-state index >= 15 is 0 Å². The summed E-state index contributed by atoms with van der Waals surface area (Å²) in [4.78, 5) is 4.53. The van der Waals surface area contributed by atoms with Gasteiger partial charge in [0.25, 0.3) is 0 Å². The van der Waals surface area contributed by atoms with Crippen LogP contribution in [-0.4, -0.2) is 25.0 Å². The summed E-state index contributed by atoms with van der Waals surface area (Å²) in [5.41, 5.74) is 0.924. The van der Waals surface area contributed by atoms with E-state index in [2.05, 4.69) is 20.3 Å². The van der Waals surface area contributed by atoms with Crippen LogP contribution in [-0.2, 0) is 7.05 Å². The average Bonchev–Trinajstić information content (AvgIpc) is 3.04. The van der Waals surface area contributed by atoms with Crippen molar-refractivity contribution in [1.82, 2.24) is 25.0 Å². The van der Waals surface area contributed by atoms with Crippen LogP contribution < -0.4 is 0 Å². The molecular formula is C10H11N5. The van der Waals surface area contributed by atoms with Crippen molar-refractivity contribution < 1.29 is 0 Å². The van der Waals surface area contributed by atoms with Gasteiger partial charge in [0.05, 0.1) is 12.4 Å². The molecule has 0 spiro atoms. The molecule has 0 amide bonds. The van der Waals surface area contributed by atoms with Crippen LogP contribution in [0.1, 0.15) is 24.6 Å². The van der Waals surface area contributed by atoms with Crippen LogP contribution in [0.15, 0.2) is 18.5 Å². The van der Waals surface area contributed by atoms with Gasteiger partial charge >= 0.3 is 0 Å². The standard InChI is InChI=1S/C10H11N5/c1-15-10(7-2-3-7)13-9(14-15)8-4-5-11-12-6-8/h4-7H,2-3H2,1H3. The molecule has 0 bridgehead atoms. The first-order valence-electron chi connectivity index (χ1n) is 5.02. The molecule has 0 radical (unpaired) electrons. The van der Waals surface area contributed by atoms with E-state index in [-0.39, 0.29) is 0 Å². The molecule has 1 saturated carbocycles. The van der Waals surface area contributed by atoms with Gasteiger partial charge in [0.2, 0.25) is 0 Å². The maximum atomic E-state index is 4.53. The van der Waals surface area contributed by atoms with Crippen molar-refractivity contribution in [2.45, 2.75) is 18.8 Å². The third kappa shape index (κ3) is 1.49. The summed E-state index contributed by atoms with van der Waals surface area (Å²) < 4.78 is 1.87. The van der Waals surface area contributed by atoms with Crippen LogP contribution in [0.2, 0.25) is 0 Å². The number of nitrogens with zero attached hydrogens (tertiary/aromatic N) is 5. The van der Waals surface area contributed by atoms with Crippen LogP contribution in [0, 0.1) is 0 Å². The maximum Gasteiger partial charge on any atom is 0.183 e. The Balaban J connectivity index is 2.02. The fourth-order valence-electron chi connectivity index (χ4n) is 1.64. The molecule has 1 fully saturated rings. The highest BCUT2D eigenvalue weighted by molar-refractivity contribution is 5.52. The first-order valence-corrected chi connectivity index (χ1v) is 5.02. The molecule has 0 atom stereocenters. The molecule has 3 rings (SSSR count). The van der Waals surface area contributed by atoms with Crippen LogP contribution in [0.4, 0.5) is 0 Å². The Bertz CT molecular complexity index is 472. The number of aromatic nitrogens is 5. The molecular weight excluding hydrogens is 190 g/mol. The lowest BCUT2D eigenvalue weighted by Gasteiger charge is -1.92. The van der Waals surface area contributed by atoms with Crippen molar-refractivity contribution in [2.24, 2.45) is 7.05 Å². The lowest BCUT2D eigenvalue weighted by atomic mass is 10.3. The van der Waals surface area contributed by atoms with Gasteiger partial charge < -0.3 is 0 Å². The number of hydrogen-bond acceptors (Lipinski definition) is 4. The van der Waals surface area contributed by atoms with Crippen molar-refractivity contribution in [3.05, 3.63) is 24.3 Å². The molecule has 76 valence electrons. The Hall–Kier alpha value is -1.78. The van der Waals surface area contributed by atoms with Crippen molar-refractivity contribution in [3.63, 3.8) is 0 Å². The zero-order valence-electron chi connectivity index (χ0n) is 8.46. The molecule has 15 heavy (non-hydrogen) atoms. The fraction of sp³-hybridized carbons (Fsp3) is 0.400. The highest BCUT2D eigenvalue weighted by Gasteiger charge is 2.28. The van der Waals surface area contributed by atoms with E-state index in [1.54, 1.807) is 12.4 Å². The summed E-state index contributed by atoms with van der Waals surface area (Å²) in [6.07, 6.45) is 5.82. The second kappa shape index (κ2) is 3.12. The molecule has 0 N–H and O–H groups in total. The first kappa shape index (κ1) is 8.52. The van der Waals surface area contributed by atoms with Gasteiger partial charge in [-0.1, -0.05) is 0 Å². The predicted molar refractivity (Wildman–Crippen MR) is 54.0 cm³/mol. The summed E-state index contributed by atoms with van der Waals surface area (Å²) in [5.74, 6) is 2.45. The Morgan fingerprint density at radius 1 is 1.33 bits per heavy atom. The summed E-state index contributed by atoms with van der Waals surface area (Å²) in [5, 5.41) is 11.9. The second-order valence-electron chi connectivity index (χ2n) is 3.82. The molecule has 2 aromatic heterocycles. The fourth-order valence-corrected chi connectivity index (χ4v) is 1.64. The zero-order valence-corrected chi connectivity index (χ0v) is 8.46. The smallest absolute Gasteiger partial charge is 0.183 e. The first-order chi connectivity index (χ1) is 7.34. The van der Waals surface area contributed by atoms with Gasteiger partial charge in [-0.15, -0.1) is 0 Å². The lowest BCUT2D eigenvalue weighted by molar-refractivity contribution is 0.705. The molecule has 2 heterocycles. The number of hydrogen-bond donors (Lipinski definition) is 0. The summed E-state index contributed by atoms with van der Waals surface area (Å²) in [6, 6.07) is 1.87. The van der Waals surface area contributed by atoms with Crippen LogP contribution in [0.3, 0.4) is 0 Å². The molecule has 0 aromatic carbocycles. The molecule has 5 nitrogen and oxygen atoms in total. The third-order valence-electron chi connectivity index (χ3n) is 2.58. The zero-order chi connectivity index (χ0) is 10.3. The van der Waals surface area contributed by atoms with Crippen LogP contribution >= 0.6 is 0 Å². The van der Waals surface area contributed by atoms with E-state index in [0.29, 0.717) is 5.92 Å². The largest absolute Gasteiger partial charge is 0.252 e. The van der Waals surface area contributed by atoms with E-state index in [0.717, 1.165) is 17.2 Å². The van der Waals surface area contributed by atoms with Gasteiger partial charge in [-0.05, 0) is 18.9 Å². The van der Waals surface area contributed by atoms with E-state index < -0.39 is 0 Å². The maximum absolute atomic E-state index is 4.53. The van der Waals surface area contributed by atoms with Crippen molar-refractivity contribution in [3.8, 4) is 11.4 Å². The Labute approximate surface area is 87.2 Å². The van der Waals surface area contributed by atoms with Gasteiger partial charge in [-0.2, -0.15) is 15.3 Å². The predicted octanol–water partition coefficient (Wildman–Crippen LogP) is 1.15. The van der Waals surface area contributed by atoms with E-state index in [9.17, 15) is 0 Å². The monoisotopic (exact) mass is 201 g/mol. The lowest BCUT2D eigenvalue weighted by Crippen LogP contribution is -1.96. The second-order valence-corrected chi connectivity index (χ2v) is 3.82. The van der Waals surface area contributed by atoms with Crippen LogP contribution in [0.25, 0.3) is 11.4 Å². The number of rotatable bonds is 2. The highest BCUT2D eigenvalue weighted by atomic mass is 15.3. The van der Waals surface area contributed by atoms with E-state index in [1.807, 2.05) is 17.8 Å². The Kier molecular flexibility index (Phi) is 1.77. The van der Waals surface area contributed by atoms with Gasteiger partial charge in [0.1, 0.15) is 5.82 Å². The van der Waals surface area contributed by atoms with E-state index in [1.165, 1.54) is 12.8 Å². The molecule has 0 aliphatic heterocycles. The Morgan fingerprint density at radius 2 is 2.20 bits per heavy atom. The van der Waals surface area contributed by atoms with Crippen LogP contribution in [0.5, 0.6) is 0 Å². The molecule has 0 saturated heterocycles. The quantitative estimate of drug-likeness (QED) is 0.731. The molecule has 1 aliphatic rings. The normalized spacial score (nSPS) is 15.5. The molecule has 5 heteroatoms. The van der Waals surface area contributed by atoms with Gasteiger partial charge in [-0.3, -0.25) is 4.68 Å². The van der Waals surface area contributed by atoms with Crippen molar-refractivity contribution >= 4 is 0 Å². The molecule has 0 unspecified atom stereocenters. The molecule has 2 aromatic rings. The van der Waals surface area contributed by atoms with Gasteiger partial charge in [0.15, 0.2) is 5.82 Å². The average molecular weight is 201 g/mol. The third-order valence-corrected chi connectivity index (χ3v) is 2.58. The SMILES string of the molecule is Cn1nc(-c2ccnnc2)nc1C1CC1. The summed E-state index contributed by atoms with van der Waals surface area (Å²) >= 11 is 0. The summed E-state index contributed by atoms with van der Waals surface area (Å²) in [6.45, 7) is 0. The van der Waals surface area contributed by atoms with Crippen molar-refractivity contribution in [1.29, 1.82) is 0 Å². The Morgan fingerprint density at radius 3 is 2.87 bits per heavy atom. The summed E-state index contributed by atoms with van der Waals surface area (Å²) in [7, 11) is 1.94. The minimum absolute atomic E-state index is 0.617. The van der Waals surface area contributed by atoms with E-state index in [4.69, 9.17) is 0 Å². The highest BCUT2D eigenvalue weighted by Crippen LogP contribution is 2.39. The molecule has 1 aliphatic carbocycles. The van der Waals surface area contributed by atoms with Gasteiger partial charge in [0, 0.05) is 18.5 Å². The minimum atomic E-state index is 0.617. The van der Waals surface area contributed by atoms with Gasteiger partial charge in [-0.25, -0.2) is 4.98 Å². The minimum Gasteiger partial charge on any atom is -0.252 e. The number of aryl methyl sites for hydroxylation is 1. The van der Waals surface area contributed by atoms with Crippen molar-refractivity contribution in [2.75, 3.05) is 0 Å². The topological polar surface area (TPSA) is 56.5 Å².